The van der Waals surface area contributed by atoms with Gasteiger partial charge in [-0.05, 0) is 54.1 Å². The molecule has 0 radical (unpaired) electrons. The number of amides is 1. The molecule has 1 amide bonds. The molecule has 4 rings (SSSR count). The third kappa shape index (κ3) is 4.33. The minimum atomic E-state index is -0.699. The fourth-order valence-electron chi connectivity index (χ4n) is 2.81. The van der Waals surface area contributed by atoms with E-state index < -0.39 is 17.8 Å². The number of carbonyl (C=O) groups is 1. The molecule has 0 bridgehead atoms. The third-order valence-corrected chi connectivity index (χ3v) is 4.55. The Bertz CT molecular complexity index is 1110. The molecule has 3 aromatic carbocycles. The quantitative estimate of drug-likeness (QED) is 0.502. The van der Waals surface area contributed by atoms with E-state index >= 15 is 0 Å². The summed E-state index contributed by atoms with van der Waals surface area (Å²) in [6.45, 7) is 0. The molecule has 1 aromatic heterocycles. The van der Waals surface area contributed by atoms with Crippen LogP contribution in [0.15, 0.2) is 83.3 Å². The number of hydrogen-bond donors (Lipinski definition) is 1. The molecule has 0 aliphatic rings. The lowest BCUT2D eigenvalue weighted by atomic mass is 10.1. The van der Waals surface area contributed by atoms with Gasteiger partial charge in [0.05, 0.1) is 0 Å². The van der Waals surface area contributed by atoms with E-state index in [0.717, 1.165) is 5.56 Å². The van der Waals surface area contributed by atoms with Gasteiger partial charge in [0, 0.05) is 16.1 Å². The van der Waals surface area contributed by atoms with Crippen LogP contribution in [-0.2, 0) is 0 Å². The van der Waals surface area contributed by atoms with Gasteiger partial charge in [-0.3, -0.25) is 4.79 Å². The van der Waals surface area contributed by atoms with Crippen LogP contribution in [0.3, 0.4) is 0 Å². The van der Waals surface area contributed by atoms with Crippen LogP contribution in [0.4, 0.5) is 4.39 Å². The van der Waals surface area contributed by atoms with Crippen molar-refractivity contribution >= 4 is 17.5 Å². The molecule has 144 valence electrons. The zero-order valence-corrected chi connectivity index (χ0v) is 15.8. The molecule has 0 spiro atoms. The van der Waals surface area contributed by atoms with Crippen molar-refractivity contribution in [3.63, 3.8) is 0 Å². The summed E-state index contributed by atoms with van der Waals surface area (Å²) in [4.78, 5) is 12.7. The van der Waals surface area contributed by atoms with Crippen molar-refractivity contribution in [3.05, 3.63) is 107 Å². The van der Waals surface area contributed by atoms with E-state index in [1.54, 1.807) is 24.3 Å². The molecule has 0 aliphatic heterocycles. The first-order valence-corrected chi connectivity index (χ1v) is 9.18. The van der Waals surface area contributed by atoms with Crippen LogP contribution in [-0.4, -0.2) is 16.1 Å². The topological polar surface area (TPSA) is 68.0 Å². The van der Waals surface area contributed by atoms with Gasteiger partial charge in [-0.1, -0.05) is 41.9 Å². The fourth-order valence-corrected chi connectivity index (χ4v) is 2.93. The summed E-state index contributed by atoms with van der Waals surface area (Å²) < 4.78 is 19.0. The van der Waals surface area contributed by atoms with Gasteiger partial charge in [-0.2, -0.15) is 0 Å². The first-order valence-electron chi connectivity index (χ1n) is 8.81. The zero-order valence-electron chi connectivity index (χ0n) is 15.0. The van der Waals surface area contributed by atoms with Crippen molar-refractivity contribution in [2.45, 2.75) is 6.04 Å². The highest BCUT2D eigenvalue weighted by molar-refractivity contribution is 6.30. The van der Waals surface area contributed by atoms with Crippen LogP contribution < -0.4 is 5.32 Å². The molecule has 7 heteroatoms. The predicted molar refractivity (Wildman–Crippen MR) is 107 cm³/mol. The molecule has 1 heterocycles. The Labute approximate surface area is 171 Å². The molecule has 0 unspecified atom stereocenters. The van der Waals surface area contributed by atoms with Gasteiger partial charge < -0.3 is 9.73 Å². The van der Waals surface area contributed by atoms with E-state index in [4.69, 9.17) is 16.0 Å². The van der Waals surface area contributed by atoms with E-state index in [2.05, 4.69) is 15.5 Å². The molecule has 0 saturated heterocycles. The molecule has 0 fully saturated rings. The number of nitrogens with one attached hydrogen (secondary N) is 1. The van der Waals surface area contributed by atoms with Gasteiger partial charge in [0.2, 0.25) is 11.8 Å². The maximum Gasteiger partial charge on any atom is 0.252 e. The third-order valence-electron chi connectivity index (χ3n) is 4.29. The number of benzene rings is 3. The Morgan fingerprint density at radius 2 is 1.62 bits per heavy atom. The summed E-state index contributed by atoms with van der Waals surface area (Å²) in [5.41, 5.74) is 1.80. The van der Waals surface area contributed by atoms with Crippen molar-refractivity contribution in [3.8, 4) is 11.5 Å². The standard InChI is InChI=1S/C22H15ClFN3O2/c23-17-10-6-14(7-11-17)19(25-20(28)15-8-12-18(24)13-9-15)22-27-26-21(29-22)16-4-2-1-3-5-16/h1-13,19H,(H,25,28)/t19-/m1/s1. The lowest BCUT2D eigenvalue weighted by Gasteiger charge is -2.16. The maximum absolute atomic E-state index is 13.2. The number of aromatic nitrogens is 2. The predicted octanol–water partition coefficient (Wildman–Crippen LogP) is 5.05. The van der Waals surface area contributed by atoms with E-state index in [1.807, 2.05) is 30.3 Å². The highest BCUT2D eigenvalue weighted by Crippen LogP contribution is 2.26. The van der Waals surface area contributed by atoms with Gasteiger partial charge in [-0.15, -0.1) is 10.2 Å². The average Bonchev–Trinajstić information content (AvgIpc) is 3.24. The number of hydrogen-bond acceptors (Lipinski definition) is 4. The second kappa shape index (κ2) is 8.24. The summed E-state index contributed by atoms with van der Waals surface area (Å²) in [6, 6.07) is 20.9. The van der Waals surface area contributed by atoms with Crippen molar-refractivity contribution in [2.24, 2.45) is 0 Å². The minimum Gasteiger partial charge on any atom is -0.418 e. The minimum absolute atomic E-state index is 0.224. The van der Waals surface area contributed by atoms with Crippen LogP contribution >= 0.6 is 11.6 Å². The molecular weight excluding hydrogens is 393 g/mol. The Kier molecular flexibility index (Phi) is 5.35. The maximum atomic E-state index is 13.2. The smallest absolute Gasteiger partial charge is 0.252 e. The van der Waals surface area contributed by atoms with Crippen LogP contribution in [0.25, 0.3) is 11.5 Å². The van der Waals surface area contributed by atoms with Gasteiger partial charge in [-0.25, -0.2) is 4.39 Å². The van der Waals surface area contributed by atoms with E-state index in [9.17, 15) is 9.18 Å². The number of carbonyl (C=O) groups excluding carboxylic acids is 1. The summed E-state index contributed by atoms with van der Waals surface area (Å²) >= 11 is 5.99. The first-order chi connectivity index (χ1) is 14.1. The summed E-state index contributed by atoms with van der Waals surface area (Å²) in [5, 5.41) is 11.7. The Balaban J connectivity index is 1.67. The molecule has 4 aromatic rings. The number of rotatable bonds is 5. The Morgan fingerprint density at radius 3 is 2.31 bits per heavy atom. The SMILES string of the molecule is O=C(N[C@H](c1ccc(Cl)cc1)c1nnc(-c2ccccc2)o1)c1ccc(F)cc1. The van der Waals surface area contributed by atoms with Crippen LogP contribution in [0, 0.1) is 5.82 Å². The van der Waals surface area contributed by atoms with Gasteiger partial charge in [0.25, 0.3) is 5.91 Å². The summed E-state index contributed by atoms with van der Waals surface area (Å²) in [7, 11) is 0. The van der Waals surface area contributed by atoms with Crippen LogP contribution in [0.5, 0.6) is 0 Å². The first kappa shape index (κ1) is 18.8. The molecule has 1 N–H and O–H groups in total. The van der Waals surface area contributed by atoms with E-state index in [0.29, 0.717) is 22.0 Å². The highest BCUT2D eigenvalue weighted by atomic mass is 35.5. The molecule has 0 saturated carbocycles. The lowest BCUT2D eigenvalue weighted by molar-refractivity contribution is 0.0938. The van der Waals surface area contributed by atoms with Gasteiger partial charge in [0.15, 0.2) is 0 Å². The number of halogens is 2. The Morgan fingerprint density at radius 1 is 0.931 bits per heavy atom. The van der Waals surface area contributed by atoms with Gasteiger partial charge in [0.1, 0.15) is 11.9 Å². The summed E-state index contributed by atoms with van der Waals surface area (Å²) in [6.07, 6.45) is 0. The lowest BCUT2D eigenvalue weighted by Crippen LogP contribution is -2.29. The van der Waals surface area contributed by atoms with Gasteiger partial charge >= 0.3 is 0 Å². The van der Waals surface area contributed by atoms with Crippen molar-refractivity contribution in [1.29, 1.82) is 0 Å². The average molecular weight is 408 g/mol. The molecule has 1 atom stereocenters. The van der Waals surface area contributed by atoms with Crippen molar-refractivity contribution < 1.29 is 13.6 Å². The Hall–Kier alpha value is -3.51. The molecule has 29 heavy (non-hydrogen) atoms. The second-order valence-electron chi connectivity index (χ2n) is 6.28. The highest BCUT2D eigenvalue weighted by Gasteiger charge is 2.24. The molecule has 5 nitrogen and oxygen atoms in total. The van der Waals surface area contributed by atoms with E-state index in [1.165, 1.54) is 24.3 Å². The van der Waals surface area contributed by atoms with Crippen LogP contribution in [0.2, 0.25) is 5.02 Å². The second-order valence-corrected chi connectivity index (χ2v) is 6.71. The molecular formula is C22H15ClFN3O2. The van der Waals surface area contributed by atoms with Crippen molar-refractivity contribution in [1.82, 2.24) is 15.5 Å². The zero-order chi connectivity index (χ0) is 20.2. The fraction of sp³-hybridized carbons (Fsp3) is 0.0455. The number of nitrogens with zero attached hydrogens (tertiary/aromatic N) is 2. The molecule has 0 aliphatic carbocycles. The van der Waals surface area contributed by atoms with E-state index in [-0.39, 0.29) is 5.89 Å². The van der Waals surface area contributed by atoms with Crippen LogP contribution in [0.1, 0.15) is 27.9 Å². The summed E-state index contributed by atoms with van der Waals surface area (Å²) in [5.74, 6) is -0.248. The normalized spacial score (nSPS) is 11.8. The largest absolute Gasteiger partial charge is 0.418 e. The van der Waals surface area contributed by atoms with Crippen molar-refractivity contribution in [2.75, 3.05) is 0 Å². The monoisotopic (exact) mass is 407 g/mol.